The first-order valence-electron chi connectivity index (χ1n) is 6.23. The Kier molecular flexibility index (Phi) is 3.66. The molecule has 102 valence electrons. The molecule has 0 unspecified atom stereocenters. The fourth-order valence-electron chi connectivity index (χ4n) is 2.35. The molecule has 0 amide bonds. The van der Waals surface area contributed by atoms with Crippen molar-refractivity contribution in [1.29, 1.82) is 0 Å². The van der Waals surface area contributed by atoms with E-state index in [0.29, 0.717) is 6.04 Å². The summed E-state index contributed by atoms with van der Waals surface area (Å²) in [5.74, 6) is 0. The van der Waals surface area contributed by atoms with E-state index in [-0.39, 0.29) is 6.04 Å². The van der Waals surface area contributed by atoms with Crippen molar-refractivity contribution in [1.82, 2.24) is 14.7 Å². The van der Waals surface area contributed by atoms with Crippen LogP contribution in [0, 0.1) is 0 Å². The first-order valence-corrected chi connectivity index (χ1v) is 6.23. The van der Waals surface area contributed by atoms with E-state index in [1.807, 2.05) is 0 Å². The van der Waals surface area contributed by atoms with Crippen molar-refractivity contribution in [2.24, 2.45) is 0 Å². The lowest BCUT2D eigenvalue weighted by molar-refractivity contribution is -0.137. The lowest BCUT2D eigenvalue weighted by atomic mass is 10.0. The molecule has 0 aromatic carbocycles. The van der Waals surface area contributed by atoms with Crippen molar-refractivity contribution in [3.8, 4) is 0 Å². The molecule has 6 heteroatoms. The zero-order valence-corrected chi connectivity index (χ0v) is 10.6. The van der Waals surface area contributed by atoms with Gasteiger partial charge >= 0.3 is 6.18 Å². The Bertz CT molecular complexity index is 390. The van der Waals surface area contributed by atoms with Crippen LogP contribution >= 0.6 is 0 Å². The van der Waals surface area contributed by atoms with Gasteiger partial charge in [-0.3, -0.25) is 4.68 Å². The van der Waals surface area contributed by atoms with Gasteiger partial charge < -0.3 is 4.90 Å². The highest BCUT2D eigenvalue weighted by Gasteiger charge is 2.33. The molecule has 1 aromatic heterocycles. The Hall–Kier alpha value is -1.04. The summed E-state index contributed by atoms with van der Waals surface area (Å²) in [6.45, 7) is 6.11. The highest BCUT2D eigenvalue weighted by Crippen LogP contribution is 2.30. The summed E-state index contributed by atoms with van der Waals surface area (Å²) >= 11 is 0. The molecule has 0 atom stereocenters. The normalized spacial score (nSPS) is 19.7. The van der Waals surface area contributed by atoms with E-state index in [4.69, 9.17) is 0 Å². The largest absolute Gasteiger partial charge is 0.419 e. The van der Waals surface area contributed by atoms with Crippen LogP contribution in [0.25, 0.3) is 0 Å². The standard InChI is InChI=1S/C12H18F3N3/c1-9(2)17-5-3-11(4-6-17)18-8-10(7-16-18)12(13,14)15/h7-9,11H,3-6H2,1-2H3. The number of hydrogen-bond acceptors (Lipinski definition) is 2. The number of likely N-dealkylation sites (tertiary alicyclic amines) is 1. The van der Waals surface area contributed by atoms with Gasteiger partial charge in [-0.25, -0.2) is 0 Å². The van der Waals surface area contributed by atoms with Crippen LogP contribution in [0.4, 0.5) is 13.2 Å². The molecule has 1 saturated heterocycles. The SMILES string of the molecule is CC(C)N1CCC(n2cc(C(F)(F)F)cn2)CC1. The minimum atomic E-state index is -4.29. The van der Waals surface area contributed by atoms with Crippen LogP contribution in [-0.2, 0) is 6.18 Å². The molecule has 1 aliphatic heterocycles. The van der Waals surface area contributed by atoms with Crippen molar-refractivity contribution in [3.63, 3.8) is 0 Å². The van der Waals surface area contributed by atoms with E-state index in [2.05, 4.69) is 23.8 Å². The number of nitrogens with zero attached hydrogens (tertiary/aromatic N) is 3. The third-order valence-electron chi connectivity index (χ3n) is 3.53. The molecule has 2 rings (SSSR count). The summed E-state index contributed by atoms with van der Waals surface area (Å²) in [4.78, 5) is 2.34. The molecule has 1 fully saturated rings. The van der Waals surface area contributed by atoms with Crippen molar-refractivity contribution < 1.29 is 13.2 Å². The quantitative estimate of drug-likeness (QED) is 0.816. The summed E-state index contributed by atoms with van der Waals surface area (Å²) in [7, 11) is 0. The van der Waals surface area contributed by atoms with Gasteiger partial charge in [0.25, 0.3) is 0 Å². The average Bonchev–Trinajstić information content (AvgIpc) is 2.78. The number of aromatic nitrogens is 2. The second-order valence-electron chi connectivity index (χ2n) is 5.07. The predicted molar refractivity (Wildman–Crippen MR) is 62.2 cm³/mol. The van der Waals surface area contributed by atoms with E-state index < -0.39 is 11.7 Å². The zero-order chi connectivity index (χ0) is 13.3. The van der Waals surface area contributed by atoms with Gasteiger partial charge in [-0.2, -0.15) is 18.3 Å². The zero-order valence-electron chi connectivity index (χ0n) is 10.6. The maximum absolute atomic E-state index is 12.5. The first-order chi connectivity index (χ1) is 8.38. The van der Waals surface area contributed by atoms with Crippen molar-refractivity contribution in [2.75, 3.05) is 13.1 Å². The van der Waals surface area contributed by atoms with Gasteiger partial charge in [-0.05, 0) is 26.7 Å². The predicted octanol–water partition coefficient (Wildman–Crippen LogP) is 2.95. The molecule has 1 aliphatic rings. The second-order valence-corrected chi connectivity index (χ2v) is 5.07. The molecule has 0 saturated carbocycles. The van der Waals surface area contributed by atoms with Gasteiger partial charge in [0.15, 0.2) is 0 Å². The summed E-state index contributed by atoms with van der Waals surface area (Å²) < 4.78 is 38.9. The third-order valence-corrected chi connectivity index (χ3v) is 3.53. The minimum absolute atomic E-state index is 0.0936. The lowest BCUT2D eigenvalue weighted by Crippen LogP contribution is -2.39. The molecule has 0 radical (unpaired) electrons. The third kappa shape index (κ3) is 2.85. The molecule has 0 spiro atoms. The molecule has 0 aliphatic carbocycles. The molecular formula is C12H18F3N3. The summed E-state index contributed by atoms with van der Waals surface area (Å²) in [5.41, 5.74) is -0.659. The van der Waals surface area contributed by atoms with Gasteiger partial charge in [0.1, 0.15) is 0 Å². The summed E-state index contributed by atoms with van der Waals surface area (Å²) in [6, 6.07) is 0.588. The van der Waals surface area contributed by atoms with Gasteiger partial charge in [0.2, 0.25) is 0 Å². The molecule has 2 heterocycles. The van der Waals surface area contributed by atoms with Crippen LogP contribution in [-0.4, -0.2) is 33.8 Å². The Morgan fingerprint density at radius 2 is 1.89 bits per heavy atom. The first kappa shape index (κ1) is 13.4. The van der Waals surface area contributed by atoms with E-state index >= 15 is 0 Å². The van der Waals surface area contributed by atoms with Gasteiger partial charge in [-0.15, -0.1) is 0 Å². The monoisotopic (exact) mass is 261 g/mol. The molecule has 18 heavy (non-hydrogen) atoms. The smallest absolute Gasteiger partial charge is 0.301 e. The Labute approximate surface area is 105 Å². The van der Waals surface area contributed by atoms with E-state index in [0.717, 1.165) is 38.3 Å². The molecule has 0 N–H and O–H groups in total. The average molecular weight is 261 g/mol. The van der Waals surface area contributed by atoms with Crippen molar-refractivity contribution in [2.45, 2.75) is 44.9 Å². The van der Waals surface area contributed by atoms with Crippen LogP contribution in [0.15, 0.2) is 12.4 Å². The fraction of sp³-hybridized carbons (Fsp3) is 0.750. The van der Waals surface area contributed by atoms with Crippen LogP contribution in [0.3, 0.4) is 0 Å². The van der Waals surface area contributed by atoms with Gasteiger partial charge in [0.05, 0.1) is 17.8 Å². The van der Waals surface area contributed by atoms with E-state index in [1.54, 1.807) is 0 Å². The Balaban J connectivity index is 2.00. The molecule has 1 aromatic rings. The van der Waals surface area contributed by atoms with E-state index in [9.17, 15) is 13.2 Å². The maximum atomic E-state index is 12.5. The number of hydrogen-bond donors (Lipinski definition) is 0. The molecule has 3 nitrogen and oxygen atoms in total. The van der Waals surface area contributed by atoms with E-state index in [1.165, 1.54) is 4.68 Å². The van der Waals surface area contributed by atoms with Crippen molar-refractivity contribution >= 4 is 0 Å². The van der Waals surface area contributed by atoms with Crippen LogP contribution in [0.1, 0.15) is 38.3 Å². The van der Waals surface area contributed by atoms with Crippen molar-refractivity contribution in [3.05, 3.63) is 18.0 Å². The van der Waals surface area contributed by atoms with Crippen LogP contribution in [0.2, 0.25) is 0 Å². The van der Waals surface area contributed by atoms with Gasteiger partial charge in [-0.1, -0.05) is 0 Å². The number of halogens is 3. The molecular weight excluding hydrogens is 243 g/mol. The summed E-state index contributed by atoms with van der Waals surface area (Å²) in [5, 5.41) is 3.85. The lowest BCUT2D eigenvalue weighted by Gasteiger charge is -2.34. The topological polar surface area (TPSA) is 21.1 Å². The highest BCUT2D eigenvalue weighted by atomic mass is 19.4. The van der Waals surface area contributed by atoms with Crippen LogP contribution in [0.5, 0.6) is 0 Å². The fourth-order valence-corrected chi connectivity index (χ4v) is 2.35. The summed E-state index contributed by atoms with van der Waals surface area (Å²) in [6.07, 6.45) is -0.546. The maximum Gasteiger partial charge on any atom is 0.419 e. The van der Waals surface area contributed by atoms with Crippen LogP contribution < -0.4 is 0 Å². The second kappa shape index (κ2) is 4.91. The minimum Gasteiger partial charge on any atom is -0.301 e. The Morgan fingerprint density at radius 1 is 1.28 bits per heavy atom. The number of piperidine rings is 1. The Morgan fingerprint density at radius 3 is 2.33 bits per heavy atom. The highest BCUT2D eigenvalue weighted by molar-refractivity contribution is 5.09. The number of alkyl halides is 3. The number of rotatable bonds is 2. The molecule has 0 bridgehead atoms. The van der Waals surface area contributed by atoms with Gasteiger partial charge in [0, 0.05) is 25.3 Å².